The lowest BCUT2D eigenvalue weighted by molar-refractivity contribution is -0.122. The molecule has 0 radical (unpaired) electrons. The maximum Gasteiger partial charge on any atom is 0.289 e. The number of rotatable bonds is 5. The van der Waals surface area contributed by atoms with E-state index in [4.69, 9.17) is 16.6 Å². The third-order valence-electron chi connectivity index (χ3n) is 5.25. The van der Waals surface area contributed by atoms with Crippen LogP contribution in [0.5, 0.6) is 0 Å². The minimum atomic E-state index is -0.128. The van der Waals surface area contributed by atoms with E-state index in [0.29, 0.717) is 42.3 Å². The molecule has 2 N–H and O–H groups in total. The summed E-state index contributed by atoms with van der Waals surface area (Å²) in [5, 5.41) is 10.1. The van der Waals surface area contributed by atoms with Crippen LogP contribution < -0.4 is 5.32 Å². The fourth-order valence-corrected chi connectivity index (χ4v) is 3.78. The number of nitrogens with one attached hydrogen (secondary N) is 2. The molecule has 1 aromatic carbocycles. The Bertz CT molecular complexity index is 1080. The molecule has 0 bridgehead atoms. The summed E-state index contributed by atoms with van der Waals surface area (Å²) < 4.78 is 7.28. The first-order valence-corrected chi connectivity index (χ1v) is 10.3. The first kappa shape index (κ1) is 20.1. The minimum absolute atomic E-state index is 0.0158. The van der Waals surface area contributed by atoms with Crippen molar-refractivity contribution in [1.29, 1.82) is 0 Å². The van der Waals surface area contributed by atoms with Gasteiger partial charge in [0.2, 0.25) is 5.91 Å². The van der Waals surface area contributed by atoms with Gasteiger partial charge in [0.25, 0.3) is 5.91 Å². The number of hydrogen-bond acceptors (Lipinski definition) is 5. The van der Waals surface area contributed by atoms with Crippen LogP contribution in [0.4, 0.5) is 0 Å². The molecule has 30 heavy (non-hydrogen) atoms. The standard InChI is InChI=1S/C21H23N5O3S/c1-14-4-6-15(7-5-14)19-23-24-21(30)26(19)13-18(27)22-16-8-10-25(11-9-16)20(28)17-3-2-12-29-17/h2-7,12,16H,8-11,13H2,1H3,(H,22,27)(H,24,30). The van der Waals surface area contributed by atoms with E-state index in [1.807, 2.05) is 31.2 Å². The van der Waals surface area contributed by atoms with Crippen molar-refractivity contribution in [2.75, 3.05) is 13.1 Å². The van der Waals surface area contributed by atoms with E-state index in [1.54, 1.807) is 21.6 Å². The number of piperidine rings is 1. The average Bonchev–Trinajstić information content (AvgIpc) is 3.40. The Morgan fingerprint density at radius 3 is 2.63 bits per heavy atom. The highest BCUT2D eigenvalue weighted by molar-refractivity contribution is 7.71. The van der Waals surface area contributed by atoms with Crippen LogP contribution in [0.2, 0.25) is 0 Å². The molecule has 0 atom stereocenters. The van der Waals surface area contributed by atoms with E-state index in [1.165, 1.54) is 6.26 Å². The minimum Gasteiger partial charge on any atom is -0.459 e. The number of benzene rings is 1. The van der Waals surface area contributed by atoms with Crippen LogP contribution in [0, 0.1) is 11.7 Å². The van der Waals surface area contributed by atoms with Crippen molar-refractivity contribution in [3.63, 3.8) is 0 Å². The molecule has 8 nitrogen and oxygen atoms in total. The zero-order valence-corrected chi connectivity index (χ0v) is 17.4. The van der Waals surface area contributed by atoms with Crippen molar-refractivity contribution in [2.45, 2.75) is 32.4 Å². The predicted molar refractivity (Wildman–Crippen MR) is 113 cm³/mol. The Hall–Kier alpha value is -3.20. The highest BCUT2D eigenvalue weighted by Gasteiger charge is 2.26. The molecule has 4 rings (SSSR count). The SMILES string of the molecule is Cc1ccc(-c2n[nH]c(=S)n2CC(=O)NC2CCN(C(=O)c3ccco3)CC2)cc1. The molecule has 1 aliphatic heterocycles. The van der Waals surface area contributed by atoms with Gasteiger partial charge in [-0.1, -0.05) is 29.8 Å². The predicted octanol–water partition coefficient (Wildman–Crippen LogP) is 2.93. The molecule has 0 spiro atoms. The zero-order chi connectivity index (χ0) is 21.1. The Morgan fingerprint density at radius 1 is 1.23 bits per heavy atom. The Morgan fingerprint density at radius 2 is 1.97 bits per heavy atom. The maximum absolute atomic E-state index is 12.7. The number of likely N-dealkylation sites (tertiary alicyclic amines) is 1. The van der Waals surface area contributed by atoms with Gasteiger partial charge in [0.05, 0.1) is 6.26 Å². The molecular weight excluding hydrogens is 402 g/mol. The molecule has 1 saturated heterocycles. The van der Waals surface area contributed by atoms with Crippen molar-refractivity contribution in [3.05, 3.63) is 58.8 Å². The highest BCUT2D eigenvalue weighted by atomic mass is 32.1. The second kappa shape index (κ2) is 8.66. The van der Waals surface area contributed by atoms with Crippen LogP contribution in [0.15, 0.2) is 47.1 Å². The van der Waals surface area contributed by atoms with E-state index in [2.05, 4.69) is 15.5 Å². The summed E-state index contributed by atoms with van der Waals surface area (Å²) in [6.45, 7) is 3.25. The van der Waals surface area contributed by atoms with E-state index in [-0.39, 0.29) is 24.4 Å². The van der Waals surface area contributed by atoms with Crippen LogP contribution in [0.25, 0.3) is 11.4 Å². The van der Waals surface area contributed by atoms with E-state index in [0.717, 1.165) is 11.1 Å². The molecule has 156 valence electrons. The summed E-state index contributed by atoms with van der Waals surface area (Å²) in [4.78, 5) is 26.8. The van der Waals surface area contributed by atoms with Gasteiger partial charge in [-0.3, -0.25) is 19.3 Å². The van der Waals surface area contributed by atoms with Crippen LogP contribution in [-0.2, 0) is 11.3 Å². The summed E-state index contributed by atoms with van der Waals surface area (Å²) in [5.74, 6) is 0.735. The van der Waals surface area contributed by atoms with Crippen LogP contribution >= 0.6 is 12.2 Å². The van der Waals surface area contributed by atoms with Gasteiger partial charge in [-0.15, -0.1) is 0 Å². The van der Waals surface area contributed by atoms with Gasteiger partial charge in [0, 0.05) is 24.7 Å². The third-order valence-corrected chi connectivity index (χ3v) is 5.56. The molecule has 9 heteroatoms. The lowest BCUT2D eigenvalue weighted by Crippen LogP contribution is -2.47. The number of furan rings is 1. The lowest BCUT2D eigenvalue weighted by Gasteiger charge is -2.31. The number of nitrogens with zero attached hydrogens (tertiary/aromatic N) is 3. The van der Waals surface area contributed by atoms with E-state index in [9.17, 15) is 9.59 Å². The molecule has 1 aliphatic rings. The van der Waals surface area contributed by atoms with E-state index < -0.39 is 0 Å². The van der Waals surface area contributed by atoms with Gasteiger partial charge in [0.1, 0.15) is 6.54 Å². The molecule has 3 heterocycles. The highest BCUT2D eigenvalue weighted by Crippen LogP contribution is 2.18. The molecule has 0 saturated carbocycles. The number of carbonyl (C=O) groups is 2. The second-order valence-electron chi connectivity index (χ2n) is 7.42. The fourth-order valence-electron chi connectivity index (χ4n) is 3.59. The van der Waals surface area contributed by atoms with Gasteiger partial charge in [-0.2, -0.15) is 5.10 Å². The molecule has 0 aliphatic carbocycles. The number of hydrogen-bond donors (Lipinski definition) is 2. The summed E-state index contributed by atoms with van der Waals surface area (Å²) in [7, 11) is 0. The molecule has 2 amide bonds. The summed E-state index contributed by atoms with van der Waals surface area (Å²) in [6, 6.07) is 11.3. The van der Waals surface area contributed by atoms with Crippen molar-refractivity contribution < 1.29 is 14.0 Å². The van der Waals surface area contributed by atoms with Crippen molar-refractivity contribution in [3.8, 4) is 11.4 Å². The molecule has 0 unspecified atom stereocenters. The van der Waals surface area contributed by atoms with Gasteiger partial charge < -0.3 is 14.6 Å². The number of aryl methyl sites for hydroxylation is 1. The summed E-state index contributed by atoms with van der Waals surface area (Å²) in [5.41, 5.74) is 2.04. The summed E-state index contributed by atoms with van der Waals surface area (Å²) >= 11 is 5.32. The number of aromatic amines is 1. The molecule has 1 fully saturated rings. The van der Waals surface area contributed by atoms with Gasteiger partial charge in [0.15, 0.2) is 16.4 Å². The van der Waals surface area contributed by atoms with Crippen molar-refractivity contribution >= 4 is 24.0 Å². The smallest absolute Gasteiger partial charge is 0.289 e. The second-order valence-corrected chi connectivity index (χ2v) is 7.80. The maximum atomic E-state index is 12.7. The van der Waals surface area contributed by atoms with Gasteiger partial charge >= 0.3 is 0 Å². The molecule has 3 aromatic rings. The quantitative estimate of drug-likeness (QED) is 0.613. The molecule has 2 aromatic heterocycles. The monoisotopic (exact) mass is 425 g/mol. The van der Waals surface area contributed by atoms with E-state index >= 15 is 0 Å². The van der Waals surface area contributed by atoms with Crippen molar-refractivity contribution in [2.24, 2.45) is 0 Å². The Labute approximate surface area is 178 Å². The van der Waals surface area contributed by atoms with Crippen LogP contribution in [-0.4, -0.2) is 50.6 Å². The fraction of sp³-hybridized carbons (Fsp3) is 0.333. The first-order valence-electron chi connectivity index (χ1n) is 9.85. The Kier molecular flexibility index (Phi) is 5.80. The van der Waals surface area contributed by atoms with Crippen molar-refractivity contribution in [1.82, 2.24) is 25.0 Å². The van der Waals surface area contributed by atoms with Crippen LogP contribution in [0.3, 0.4) is 0 Å². The topological polar surface area (TPSA) is 96.2 Å². The zero-order valence-electron chi connectivity index (χ0n) is 16.6. The summed E-state index contributed by atoms with van der Waals surface area (Å²) in [6.07, 6.45) is 2.88. The normalized spacial score (nSPS) is 14.6. The van der Waals surface area contributed by atoms with Gasteiger partial charge in [-0.25, -0.2) is 0 Å². The number of aromatic nitrogens is 3. The average molecular weight is 426 g/mol. The number of carbonyl (C=O) groups excluding carboxylic acids is 2. The van der Waals surface area contributed by atoms with Gasteiger partial charge in [-0.05, 0) is 44.1 Å². The number of H-pyrrole nitrogens is 1. The third kappa shape index (κ3) is 4.35. The molecular formula is C21H23N5O3S. The largest absolute Gasteiger partial charge is 0.459 e. The lowest BCUT2D eigenvalue weighted by atomic mass is 10.0. The van der Waals surface area contributed by atoms with Crippen LogP contribution in [0.1, 0.15) is 29.0 Å². The first-order chi connectivity index (χ1) is 14.5. The Balaban J connectivity index is 1.35. The number of amides is 2.